The highest BCUT2D eigenvalue weighted by atomic mass is 35.5. The number of nitro groups is 1. The van der Waals surface area contributed by atoms with E-state index in [2.05, 4.69) is 0 Å². The first-order chi connectivity index (χ1) is 3.55. The van der Waals surface area contributed by atoms with E-state index < -0.39 is 16.2 Å². The molecule has 0 bridgehead atoms. The van der Waals surface area contributed by atoms with E-state index in [1.165, 1.54) is 0 Å². The van der Waals surface area contributed by atoms with Crippen molar-refractivity contribution in [1.82, 2.24) is 0 Å². The molecule has 1 unspecified atom stereocenters. The van der Waals surface area contributed by atoms with Gasteiger partial charge in [-0.05, 0) is 11.6 Å². The predicted molar refractivity (Wildman–Crippen MR) is 27.3 cm³/mol. The highest BCUT2D eigenvalue weighted by Gasteiger charge is 2.20. The number of rotatable bonds is 2. The van der Waals surface area contributed by atoms with Crippen molar-refractivity contribution < 1.29 is 9.72 Å². The van der Waals surface area contributed by atoms with E-state index in [0.29, 0.717) is 0 Å². The van der Waals surface area contributed by atoms with Crippen molar-refractivity contribution in [3.05, 3.63) is 10.1 Å². The third-order valence-electron chi connectivity index (χ3n) is 0.521. The first kappa shape index (κ1) is 7.36. The third-order valence-corrected chi connectivity index (χ3v) is 0.987. The molecule has 0 aliphatic carbocycles. The Hall–Kier alpha value is -0.640. The summed E-state index contributed by atoms with van der Waals surface area (Å²) in [6, 6.07) is 0. The molecule has 4 nitrogen and oxygen atoms in total. The van der Waals surface area contributed by atoms with E-state index >= 15 is 0 Å². The summed E-state index contributed by atoms with van der Waals surface area (Å²) in [5, 5.41) is 9.59. The second kappa shape index (κ2) is 2.61. The molecular weight excluding hydrogens is 133 g/mol. The molecule has 0 aromatic carbocycles. The van der Waals surface area contributed by atoms with Gasteiger partial charge in [-0.3, -0.25) is 14.9 Å². The Morgan fingerprint density at radius 3 is 2.25 bits per heavy atom. The lowest BCUT2D eigenvalue weighted by atomic mass is 10.5. The molecule has 0 aromatic heterocycles. The number of alkyl halides is 1. The molecule has 0 saturated carbocycles. The second-order valence-electron chi connectivity index (χ2n) is 1.23. The van der Waals surface area contributed by atoms with Gasteiger partial charge < -0.3 is 0 Å². The van der Waals surface area contributed by atoms with Crippen LogP contribution in [-0.4, -0.2) is 16.2 Å². The van der Waals surface area contributed by atoms with Crippen LogP contribution >= 0.6 is 11.6 Å². The minimum Gasteiger partial charge on any atom is -0.291 e. The van der Waals surface area contributed by atoms with Crippen molar-refractivity contribution in [3.8, 4) is 0 Å². The lowest BCUT2D eigenvalue weighted by Crippen LogP contribution is -2.20. The molecule has 0 aliphatic heterocycles. The quantitative estimate of drug-likeness (QED) is 0.240. The van der Waals surface area contributed by atoms with Crippen LogP contribution in [0, 0.1) is 10.1 Å². The molecule has 0 fully saturated rings. The lowest BCUT2D eigenvalue weighted by molar-refractivity contribution is -0.484. The highest BCUT2D eigenvalue weighted by molar-refractivity contribution is 6.29. The zero-order chi connectivity index (χ0) is 6.73. The Morgan fingerprint density at radius 2 is 2.25 bits per heavy atom. The third kappa shape index (κ3) is 1.88. The fourth-order valence-electron chi connectivity index (χ4n) is 0.148. The van der Waals surface area contributed by atoms with Gasteiger partial charge in [-0.15, -0.1) is 0 Å². The summed E-state index contributed by atoms with van der Waals surface area (Å²) >= 11 is 4.90. The van der Waals surface area contributed by atoms with Gasteiger partial charge in [0.25, 0.3) is 0 Å². The molecule has 0 N–H and O–H groups in total. The lowest BCUT2D eigenvalue weighted by Gasteiger charge is -1.91. The van der Waals surface area contributed by atoms with E-state index in [0.717, 1.165) is 6.92 Å². The van der Waals surface area contributed by atoms with Crippen molar-refractivity contribution in [1.29, 1.82) is 0 Å². The zero-order valence-electron chi connectivity index (χ0n) is 4.13. The van der Waals surface area contributed by atoms with Crippen LogP contribution in [-0.2, 0) is 4.79 Å². The molecule has 0 rings (SSSR count). The van der Waals surface area contributed by atoms with Crippen LogP contribution in [0.5, 0.6) is 0 Å². The van der Waals surface area contributed by atoms with Crippen LogP contribution in [0.2, 0.25) is 0 Å². The summed E-state index contributed by atoms with van der Waals surface area (Å²) in [5.74, 6) is -0.642. The summed E-state index contributed by atoms with van der Waals surface area (Å²) < 4.78 is 0. The highest BCUT2D eigenvalue weighted by Crippen LogP contribution is 1.95. The smallest absolute Gasteiger partial charge is 0.291 e. The van der Waals surface area contributed by atoms with Crippen molar-refractivity contribution >= 4 is 17.4 Å². The van der Waals surface area contributed by atoms with Crippen LogP contribution in [0.25, 0.3) is 0 Å². The number of nitrogens with zero attached hydrogens (tertiary/aromatic N) is 1. The molecule has 8 heavy (non-hydrogen) atoms. The van der Waals surface area contributed by atoms with Gasteiger partial charge in [-0.2, -0.15) is 0 Å². The van der Waals surface area contributed by atoms with Crippen LogP contribution < -0.4 is 0 Å². The molecular formula is C3H4ClNO3. The van der Waals surface area contributed by atoms with Crippen molar-refractivity contribution in [3.63, 3.8) is 0 Å². The maximum Gasteiger partial charge on any atom is 0.343 e. The molecule has 0 aliphatic rings. The van der Waals surface area contributed by atoms with Crippen LogP contribution in [0.15, 0.2) is 0 Å². The van der Waals surface area contributed by atoms with Crippen LogP contribution in [0.3, 0.4) is 0 Å². The molecule has 1 atom stereocenters. The van der Waals surface area contributed by atoms with E-state index in [4.69, 9.17) is 11.6 Å². The molecule has 0 aromatic rings. The zero-order valence-corrected chi connectivity index (χ0v) is 4.88. The first-order valence-electron chi connectivity index (χ1n) is 1.83. The molecule has 0 heterocycles. The number of hydrogen-bond donors (Lipinski definition) is 0. The Bertz CT molecular complexity index is 110. The summed E-state index contributed by atoms with van der Waals surface area (Å²) in [4.78, 5) is 18.8. The minimum absolute atomic E-state index is 0.642. The summed E-state index contributed by atoms with van der Waals surface area (Å²) in [7, 11) is 0. The maximum absolute atomic E-state index is 10.0. The largest absolute Gasteiger partial charge is 0.343 e. The summed E-state index contributed by atoms with van der Waals surface area (Å²) in [6.07, 6.45) is 0. The van der Waals surface area contributed by atoms with Gasteiger partial charge in [0.15, 0.2) is 0 Å². The van der Waals surface area contributed by atoms with Crippen molar-refractivity contribution in [2.45, 2.75) is 12.4 Å². The molecule has 0 radical (unpaired) electrons. The molecule has 0 saturated heterocycles. The van der Waals surface area contributed by atoms with E-state index in [1.54, 1.807) is 0 Å². The van der Waals surface area contributed by atoms with Crippen LogP contribution in [0.4, 0.5) is 0 Å². The molecule has 0 spiro atoms. The Morgan fingerprint density at radius 1 is 1.88 bits per heavy atom. The van der Waals surface area contributed by atoms with Crippen LogP contribution in [0.1, 0.15) is 6.92 Å². The van der Waals surface area contributed by atoms with E-state index in [-0.39, 0.29) is 0 Å². The van der Waals surface area contributed by atoms with Gasteiger partial charge in [0, 0.05) is 11.8 Å². The normalized spacial score (nSPS) is 12.8. The fraction of sp³-hybridized carbons (Fsp3) is 0.667. The maximum atomic E-state index is 10.0. The molecule has 0 amide bonds. The molecule has 46 valence electrons. The topological polar surface area (TPSA) is 60.2 Å². The number of ketones is 1. The van der Waals surface area contributed by atoms with Crippen molar-refractivity contribution in [2.24, 2.45) is 0 Å². The number of Topliss-reactive ketones (excluding diaryl/α,β-unsaturated/α-hetero) is 1. The average Bonchev–Trinajstić information content (AvgIpc) is 1.64. The van der Waals surface area contributed by atoms with Gasteiger partial charge >= 0.3 is 5.50 Å². The van der Waals surface area contributed by atoms with Gasteiger partial charge in [0.05, 0.1) is 0 Å². The SMILES string of the molecule is CC(=O)C(Cl)[N+](=O)[O-]. The standard InChI is InChI=1S/C3H4ClNO3/c1-2(6)3(4)5(7)8/h3H,1H3. The number of carbonyl (C=O) groups excluding carboxylic acids is 1. The van der Waals surface area contributed by atoms with Gasteiger partial charge in [-0.1, -0.05) is 0 Å². The minimum atomic E-state index is -1.57. The summed E-state index contributed by atoms with van der Waals surface area (Å²) in [6.45, 7) is 1.07. The van der Waals surface area contributed by atoms with Gasteiger partial charge in [-0.25, -0.2) is 0 Å². The van der Waals surface area contributed by atoms with E-state index in [1.807, 2.05) is 0 Å². The predicted octanol–water partition coefficient (Wildman–Crippen LogP) is 0.417. The molecule has 5 heteroatoms. The fourth-order valence-corrected chi connectivity index (χ4v) is 0.148. The Balaban J connectivity index is 3.83. The van der Waals surface area contributed by atoms with Crippen molar-refractivity contribution in [2.75, 3.05) is 0 Å². The average molecular weight is 138 g/mol. The number of carbonyl (C=O) groups is 1. The van der Waals surface area contributed by atoms with Gasteiger partial charge in [0.1, 0.15) is 0 Å². The Kier molecular flexibility index (Phi) is 2.41. The van der Waals surface area contributed by atoms with Gasteiger partial charge in [0.2, 0.25) is 5.78 Å². The second-order valence-corrected chi connectivity index (χ2v) is 1.65. The van der Waals surface area contributed by atoms with E-state index in [9.17, 15) is 14.9 Å². The monoisotopic (exact) mass is 137 g/mol. The summed E-state index contributed by atoms with van der Waals surface area (Å²) in [5.41, 5.74) is -1.57. The number of hydrogen-bond acceptors (Lipinski definition) is 3. The Labute approximate surface area is 50.6 Å². The first-order valence-corrected chi connectivity index (χ1v) is 2.27. The number of halogens is 1.